The number of aromatic hydroxyl groups is 1. The van der Waals surface area contributed by atoms with Gasteiger partial charge in [0, 0.05) is 51.4 Å². The van der Waals surface area contributed by atoms with E-state index in [-0.39, 0.29) is 27.6 Å². The van der Waals surface area contributed by atoms with E-state index in [1.54, 1.807) is 6.92 Å². The first-order valence-electron chi connectivity index (χ1n) is 14.4. The molecule has 0 bridgehead atoms. The number of ketones is 3. The van der Waals surface area contributed by atoms with Crippen LogP contribution in [0.1, 0.15) is 43.6 Å². The van der Waals surface area contributed by atoms with Crippen LogP contribution in [-0.2, 0) is 38.0 Å². The molecule has 0 radical (unpaired) electrons. The van der Waals surface area contributed by atoms with Crippen LogP contribution < -0.4 is 4.74 Å². The Balaban J connectivity index is 1.74. The van der Waals surface area contributed by atoms with Gasteiger partial charge in [-0.15, -0.1) is 0 Å². The smallest absolute Gasteiger partial charge is 0.341 e. The van der Waals surface area contributed by atoms with Gasteiger partial charge in [0.25, 0.3) is 0 Å². The highest BCUT2D eigenvalue weighted by molar-refractivity contribution is 6.35. The lowest BCUT2D eigenvalue weighted by molar-refractivity contribution is -0.321. The summed E-state index contributed by atoms with van der Waals surface area (Å²) in [5.74, 6) is -6.48. The number of benzene rings is 2. The van der Waals surface area contributed by atoms with Crippen molar-refractivity contribution in [2.75, 3.05) is 42.7 Å². The molecule has 0 spiro atoms. The maximum Gasteiger partial charge on any atom is 0.341 e. The molecule has 0 aromatic heterocycles. The third-order valence-corrected chi connectivity index (χ3v) is 9.33. The van der Waals surface area contributed by atoms with Crippen molar-refractivity contribution in [2.24, 2.45) is 5.92 Å². The van der Waals surface area contributed by atoms with Gasteiger partial charge in [-0.25, -0.2) is 4.79 Å². The Hall–Kier alpha value is -3.96. The van der Waals surface area contributed by atoms with E-state index < -0.39 is 94.0 Å². The third kappa shape index (κ3) is 4.53. The fraction of sp³-hybridized carbons (Fsp3) is 0.500. The first kappa shape index (κ1) is 34.4. The van der Waals surface area contributed by atoms with Gasteiger partial charge >= 0.3 is 5.97 Å². The predicted molar refractivity (Wildman–Crippen MR) is 158 cm³/mol. The van der Waals surface area contributed by atoms with Crippen molar-refractivity contribution in [3.8, 4) is 11.5 Å². The Morgan fingerprint density at radius 2 is 1.60 bits per heavy atom. The summed E-state index contributed by atoms with van der Waals surface area (Å²) in [5.41, 5.74) is -7.38. The van der Waals surface area contributed by atoms with Gasteiger partial charge in [0.15, 0.2) is 12.4 Å². The van der Waals surface area contributed by atoms with Gasteiger partial charge in [0.2, 0.25) is 34.8 Å². The van der Waals surface area contributed by atoms with Crippen molar-refractivity contribution in [1.82, 2.24) is 0 Å². The standard InChI is InChI=1S/C32H36O15/c1-12-19-14(10-16(20(12)28(38)43-6)46-29-13(2)23(41-4)24(42-5)30(44-7)47-29)9-15-21(22(19)34)27(37)32(45-8)18(33)11-17(40-3)26(36)31(32,39)25(15)35/h9-11,13,23-24,26,29-30,34,36,39H,1-8H3/t13-,23+,24-,26-,29-,30-,31+,32+/m0/s1. The molecule has 5 rings (SSSR count). The molecular weight excluding hydrogens is 624 g/mol. The zero-order valence-electron chi connectivity index (χ0n) is 26.9. The van der Waals surface area contributed by atoms with Crippen molar-refractivity contribution >= 4 is 34.1 Å². The summed E-state index contributed by atoms with van der Waals surface area (Å²) in [7, 11) is 7.53. The molecule has 1 saturated heterocycles. The van der Waals surface area contributed by atoms with Crippen LogP contribution in [0.25, 0.3) is 10.8 Å². The zero-order chi connectivity index (χ0) is 34.7. The fourth-order valence-corrected chi connectivity index (χ4v) is 6.93. The number of Topliss-reactive ketones (excluding diaryl/α,β-unsaturated/α-hetero) is 2. The minimum absolute atomic E-state index is 0.0622. The Morgan fingerprint density at radius 3 is 2.15 bits per heavy atom. The molecule has 0 amide bonds. The molecule has 1 fully saturated rings. The highest BCUT2D eigenvalue weighted by Crippen LogP contribution is 2.51. The molecule has 2 aliphatic carbocycles. The van der Waals surface area contributed by atoms with Crippen molar-refractivity contribution in [3.63, 3.8) is 0 Å². The Kier molecular flexibility index (Phi) is 8.96. The van der Waals surface area contributed by atoms with Gasteiger partial charge in [-0.1, -0.05) is 6.92 Å². The first-order chi connectivity index (χ1) is 22.2. The monoisotopic (exact) mass is 660 g/mol. The molecule has 254 valence electrons. The van der Waals surface area contributed by atoms with Gasteiger partial charge < -0.3 is 53.2 Å². The quantitative estimate of drug-likeness (QED) is 0.267. The number of carbonyl (C=O) groups excluding carboxylic acids is 4. The number of rotatable bonds is 8. The summed E-state index contributed by atoms with van der Waals surface area (Å²) < 4.78 is 44.2. The Labute approximate surface area is 268 Å². The van der Waals surface area contributed by atoms with Crippen LogP contribution >= 0.6 is 0 Å². The average molecular weight is 661 g/mol. The van der Waals surface area contributed by atoms with E-state index >= 15 is 0 Å². The molecular formula is C32H36O15. The van der Waals surface area contributed by atoms with E-state index in [9.17, 15) is 34.5 Å². The lowest BCUT2D eigenvalue weighted by atomic mass is 9.60. The van der Waals surface area contributed by atoms with E-state index in [4.69, 9.17) is 37.9 Å². The molecule has 47 heavy (non-hydrogen) atoms. The minimum Gasteiger partial charge on any atom is -0.507 e. The Morgan fingerprint density at radius 1 is 0.936 bits per heavy atom. The summed E-state index contributed by atoms with van der Waals surface area (Å²) in [4.78, 5) is 54.8. The van der Waals surface area contributed by atoms with E-state index in [1.807, 2.05) is 0 Å². The number of carbonyl (C=O) groups is 4. The number of hydrogen-bond donors (Lipinski definition) is 3. The molecule has 1 aliphatic heterocycles. The summed E-state index contributed by atoms with van der Waals surface area (Å²) in [6.45, 7) is 3.23. The molecule has 0 unspecified atom stereocenters. The molecule has 2 aromatic rings. The number of aliphatic hydroxyl groups is 2. The SMILES string of the molecule is COC(=O)c1c(O[C@H]2O[C@H](OC)[C@@H](OC)[C@H](OC)[C@@H]2C)cc2cc3c(c(O)c2c1C)C(=O)[C@]1(OC)C(=O)C=C(OC)[C@H](O)[C@]1(O)C3=O. The molecule has 15 heteroatoms. The number of fused-ring (bicyclic) bond motifs is 3. The van der Waals surface area contributed by atoms with Crippen LogP contribution in [0.2, 0.25) is 0 Å². The van der Waals surface area contributed by atoms with E-state index in [0.29, 0.717) is 0 Å². The third-order valence-electron chi connectivity index (χ3n) is 9.33. The minimum atomic E-state index is -3.17. The van der Waals surface area contributed by atoms with E-state index in [1.165, 1.54) is 40.4 Å². The van der Waals surface area contributed by atoms with Crippen molar-refractivity contribution in [2.45, 2.75) is 55.9 Å². The maximum absolute atomic E-state index is 14.1. The average Bonchev–Trinajstić information content (AvgIpc) is 3.05. The Bertz CT molecular complexity index is 1700. The van der Waals surface area contributed by atoms with Crippen LogP contribution in [0.4, 0.5) is 0 Å². The lowest BCUT2D eigenvalue weighted by Crippen LogP contribution is -2.77. The molecule has 1 heterocycles. The van der Waals surface area contributed by atoms with Crippen molar-refractivity contribution in [3.05, 3.63) is 46.2 Å². The topological polar surface area (TPSA) is 203 Å². The number of phenolic OH excluding ortho intramolecular Hbond substituents is 1. The van der Waals surface area contributed by atoms with Gasteiger partial charge in [0.05, 0.1) is 25.9 Å². The van der Waals surface area contributed by atoms with Crippen LogP contribution in [0.15, 0.2) is 24.0 Å². The number of hydrogen-bond acceptors (Lipinski definition) is 15. The molecule has 8 atom stereocenters. The fourth-order valence-electron chi connectivity index (χ4n) is 6.93. The number of aliphatic hydroxyl groups excluding tert-OH is 1. The number of ether oxygens (including phenoxy) is 8. The summed E-state index contributed by atoms with van der Waals surface area (Å²) in [5, 5.41) is 34.5. The normalized spacial score (nSPS) is 32.0. The maximum atomic E-state index is 14.1. The van der Waals surface area contributed by atoms with Crippen LogP contribution in [-0.4, -0.2) is 123 Å². The van der Waals surface area contributed by atoms with Crippen molar-refractivity contribution in [1.29, 1.82) is 0 Å². The molecule has 15 nitrogen and oxygen atoms in total. The number of esters is 1. The molecule has 2 aromatic carbocycles. The van der Waals surface area contributed by atoms with Gasteiger partial charge in [-0.3, -0.25) is 14.4 Å². The number of phenols is 1. The summed E-state index contributed by atoms with van der Waals surface area (Å²) in [6.07, 6.45) is -4.64. The number of aryl methyl sites for hydroxylation is 1. The summed E-state index contributed by atoms with van der Waals surface area (Å²) in [6, 6.07) is 2.49. The zero-order valence-corrected chi connectivity index (χ0v) is 26.9. The highest BCUT2D eigenvalue weighted by atomic mass is 16.8. The second kappa shape index (κ2) is 12.2. The largest absolute Gasteiger partial charge is 0.507 e. The van der Waals surface area contributed by atoms with E-state index in [2.05, 4.69) is 0 Å². The van der Waals surface area contributed by atoms with Gasteiger partial charge in [-0.05, 0) is 30.0 Å². The lowest BCUT2D eigenvalue weighted by Gasteiger charge is -2.49. The first-order valence-corrected chi connectivity index (χ1v) is 14.4. The van der Waals surface area contributed by atoms with Gasteiger partial charge in [0.1, 0.15) is 28.9 Å². The van der Waals surface area contributed by atoms with Crippen LogP contribution in [0, 0.1) is 12.8 Å². The second-order valence-electron chi connectivity index (χ2n) is 11.4. The predicted octanol–water partition coefficient (Wildman–Crippen LogP) is 0.983. The summed E-state index contributed by atoms with van der Waals surface area (Å²) >= 11 is 0. The van der Waals surface area contributed by atoms with Crippen LogP contribution in [0.3, 0.4) is 0 Å². The molecule has 3 aliphatic rings. The van der Waals surface area contributed by atoms with Crippen molar-refractivity contribution < 1.29 is 72.4 Å². The molecule has 0 saturated carbocycles. The highest BCUT2D eigenvalue weighted by Gasteiger charge is 2.74. The second-order valence-corrected chi connectivity index (χ2v) is 11.4. The van der Waals surface area contributed by atoms with Crippen LogP contribution in [0.5, 0.6) is 11.5 Å². The number of methoxy groups -OCH3 is 6. The van der Waals surface area contributed by atoms with Gasteiger partial charge in [-0.2, -0.15) is 0 Å². The molecule has 3 N–H and O–H groups in total. The van der Waals surface area contributed by atoms with E-state index in [0.717, 1.165) is 27.4 Å².